The van der Waals surface area contributed by atoms with Gasteiger partial charge < -0.3 is 14.2 Å². The molecule has 0 bridgehead atoms. The summed E-state index contributed by atoms with van der Waals surface area (Å²) in [5.41, 5.74) is 3.07. The number of anilines is 1. The molecule has 0 saturated carbocycles. The summed E-state index contributed by atoms with van der Waals surface area (Å²) in [4.78, 5) is 12.7. The first-order valence-corrected chi connectivity index (χ1v) is 13.9. The van der Waals surface area contributed by atoms with Crippen LogP contribution < -0.4 is 9.04 Å². The SMILES string of the molecule is CCc1ccc2c(c1)CC[C@@H](CC)N2S(=O)(=O)c1ccc(OCC2CCOCC2)c(C(=O)OC)c1. The van der Waals surface area contributed by atoms with Crippen LogP contribution in [0.4, 0.5) is 5.69 Å². The Hall–Kier alpha value is -2.58. The van der Waals surface area contributed by atoms with Crippen LogP contribution in [0.2, 0.25) is 0 Å². The highest BCUT2D eigenvalue weighted by molar-refractivity contribution is 7.92. The second kappa shape index (κ2) is 11.0. The lowest BCUT2D eigenvalue weighted by molar-refractivity contribution is 0.0483. The zero-order valence-corrected chi connectivity index (χ0v) is 21.6. The van der Waals surface area contributed by atoms with E-state index in [9.17, 15) is 13.2 Å². The van der Waals surface area contributed by atoms with Crippen molar-refractivity contribution in [3.05, 3.63) is 53.1 Å². The van der Waals surface area contributed by atoms with Gasteiger partial charge in [0.2, 0.25) is 0 Å². The first-order chi connectivity index (χ1) is 16.9. The van der Waals surface area contributed by atoms with Gasteiger partial charge in [-0.15, -0.1) is 0 Å². The topological polar surface area (TPSA) is 82.1 Å². The quantitative estimate of drug-likeness (QED) is 0.485. The number of carbonyl (C=O) groups excluding carboxylic acids is 1. The normalized spacial score (nSPS) is 18.7. The van der Waals surface area contributed by atoms with Crippen molar-refractivity contribution in [1.29, 1.82) is 0 Å². The van der Waals surface area contributed by atoms with E-state index >= 15 is 0 Å². The first-order valence-electron chi connectivity index (χ1n) is 12.5. The Morgan fingerprint density at radius 1 is 1.09 bits per heavy atom. The molecule has 35 heavy (non-hydrogen) atoms. The van der Waals surface area contributed by atoms with Gasteiger partial charge in [0.1, 0.15) is 11.3 Å². The number of nitrogens with zero attached hydrogens (tertiary/aromatic N) is 1. The molecule has 190 valence electrons. The highest BCUT2D eigenvalue weighted by Gasteiger charge is 2.36. The molecule has 2 aromatic rings. The minimum Gasteiger partial charge on any atom is -0.492 e. The van der Waals surface area contributed by atoms with Gasteiger partial charge in [-0.25, -0.2) is 13.2 Å². The summed E-state index contributed by atoms with van der Waals surface area (Å²) in [5.74, 6) is 0.0458. The molecule has 0 aliphatic carbocycles. The molecule has 0 spiro atoms. The molecule has 0 unspecified atom stereocenters. The van der Waals surface area contributed by atoms with Gasteiger partial charge in [-0.2, -0.15) is 0 Å². The number of ether oxygens (including phenoxy) is 3. The number of rotatable bonds is 8. The largest absolute Gasteiger partial charge is 0.492 e. The molecule has 0 radical (unpaired) electrons. The third kappa shape index (κ3) is 5.33. The molecular formula is C27H35NO6S. The fourth-order valence-electron chi connectivity index (χ4n) is 4.90. The van der Waals surface area contributed by atoms with Gasteiger partial charge in [0.05, 0.1) is 24.3 Å². The summed E-state index contributed by atoms with van der Waals surface area (Å²) in [5, 5.41) is 0. The summed E-state index contributed by atoms with van der Waals surface area (Å²) in [6.07, 6.45) is 4.99. The smallest absolute Gasteiger partial charge is 0.341 e. The van der Waals surface area contributed by atoms with Crippen LogP contribution in [0.1, 0.15) is 61.0 Å². The summed E-state index contributed by atoms with van der Waals surface area (Å²) >= 11 is 0. The Kier molecular flexibility index (Phi) is 8.02. The van der Waals surface area contributed by atoms with E-state index in [1.807, 2.05) is 19.1 Å². The van der Waals surface area contributed by atoms with Crippen LogP contribution in [0.5, 0.6) is 5.75 Å². The Morgan fingerprint density at radius 2 is 1.86 bits per heavy atom. The number of sulfonamides is 1. The second-order valence-electron chi connectivity index (χ2n) is 9.23. The number of carbonyl (C=O) groups is 1. The maximum Gasteiger partial charge on any atom is 0.341 e. The van der Waals surface area contributed by atoms with Crippen LogP contribution in [0.25, 0.3) is 0 Å². The predicted molar refractivity (Wildman–Crippen MR) is 135 cm³/mol. The summed E-state index contributed by atoms with van der Waals surface area (Å²) in [6, 6.07) is 10.4. The van der Waals surface area contributed by atoms with Crippen LogP contribution >= 0.6 is 0 Å². The molecule has 2 aliphatic heterocycles. The highest BCUT2D eigenvalue weighted by Crippen LogP contribution is 2.38. The molecule has 8 heteroatoms. The number of methoxy groups -OCH3 is 1. The van der Waals surface area contributed by atoms with Crippen molar-refractivity contribution in [3.63, 3.8) is 0 Å². The third-order valence-electron chi connectivity index (χ3n) is 7.07. The monoisotopic (exact) mass is 501 g/mol. The molecule has 0 amide bonds. The van der Waals surface area contributed by atoms with E-state index in [0.29, 0.717) is 37.9 Å². The molecule has 2 aromatic carbocycles. The van der Waals surface area contributed by atoms with Gasteiger partial charge in [-0.3, -0.25) is 4.31 Å². The van der Waals surface area contributed by atoms with Crippen molar-refractivity contribution in [1.82, 2.24) is 0 Å². The average molecular weight is 502 g/mol. The highest BCUT2D eigenvalue weighted by atomic mass is 32.2. The molecule has 2 heterocycles. The van der Waals surface area contributed by atoms with E-state index in [1.54, 1.807) is 10.4 Å². The number of hydrogen-bond acceptors (Lipinski definition) is 6. The van der Waals surface area contributed by atoms with Crippen molar-refractivity contribution in [2.24, 2.45) is 5.92 Å². The van der Waals surface area contributed by atoms with Crippen LogP contribution in [-0.2, 0) is 32.3 Å². The fraction of sp³-hybridized carbons (Fsp3) is 0.519. The van der Waals surface area contributed by atoms with Crippen molar-refractivity contribution in [3.8, 4) is 5.75 Å². The molecule has 7 nitrogen and oxygen atoms in total. The minimum atomic E-state index is -3.92. The fourth-order valence-corrected chi connectivity index (χ4v) is 6.72. The number of fused-ring (bicyclic) bond motifs is 1. The van der Waals surface area contributed by atoms with Crippen molar-refractivity contribution in [2.45, 2.75) is 63.3 Å². The van der Waals surface area contributed by atoms with Crippen molar-refractivity contribution < 1.29 is 27.4 Å². The number of esters is 1. The van der Waals surface area contributed by atoms with Gasteiger partial charge in [0, 0.05) is 19.3 Å². The Labute approximate surface area is 208 Å². The van der Waals surface area contributed by atoms with Gasteiger partial charge in [0.25, 0.3) is 10.0 Å². The minimum absolute atomic E-state index is 0.0576. The van der Waals surface area contributed by atoms with E-state index in [-0.39, 0.29) is 16.5 Å². The Bertz CT molecular complexity index is 1160. The number of benzene rings is 2. The maximum atomic E-state index is 14.0. The molecule has 4 rings (SSSR count). The van der Waals surface area contributed by atoms with E-state index in [2.05, 4.69) is 13.0 Å². The molecule has 2 aliphatic rings. The van der Waals surface area contributed by atoms with E-state index in [0.717, 1.165) is 43.4 Å². The van der Waals surface area contributed by atoms with Gasteiger partial charge in [-0.1, -0.05) is 26.0 Å². The zero-order valence-electron chi connectivity index (χ0n) is 20.8. The molecule has 1 atom stereocenters. The Balaban J connectivity index is 1.69. The van der Waals surface area contributed by atoms with Crippen LogP contribution in [-0.4, -0.2) is 47.4 Å². The van der Waals surface area contributed by atoms with Gasteiger partial charge in [0.15, 0.2) is 0 Å². The molecule has 0 N–H and O–H groups in total. The maximum absolute atomic E-state index is 14.0. The summed E-state index contributed by atoms with van der Waals surface area (Å²) in [6.45, 7) is 5.94. The van der Waals surface area contributed by atoms with Crippen LogP contribution in [0.3, 0.4) is 0 Å². The standard InChI is InChI=1S/C27H35NO6S/c1-4-19-6-10-25-21(16-19)7-8-22(5-2)28(25)35(30,31)23-9-11-26(24(17-23)27(29)32-3)34-18-20-12-14-33-15-13-20/h6,9-11,16-17,20,22H,4-5,7-8,12-15,18H2,1-3H3/t22-/m1/s1. The van der Waals surface area contributed by atoms with E-state index < -0.39 is 16.0 Å². The Morgan fingerprint density at radius 3 is 2.54 bits per heavy atom. The van der Waals surface area contributed by atoms with Crippen LogP contribution in [0, 0.1) is 5.92 Å². The average Bonchev–Trinajstić information content (AvgIpc) is 2.90. The van der Waals surface area contributed by atoms with E-state index in [4.69, 9.17) is 14.2 Å². The lowest BCUT2D eigenvalue weighted by atomic mass is 9.94. The molecular weight excluding hydrogens is 466 g/mol. The first kappa shape index (κ1) is 25.5. The zero-order chi connectivity index (χ0) is 25.0. The van der Waals surface area contributed by atoms with Gasteiger partial charge >= 0.3 is 5.97 Å². The van der Waals surface area contributed by atoms with Gasteiger partial charge in [-0.05, 0) is 79.8 Å². The molecule has 1 saturated heterocycles. The number of aryl methyl sites for hydroxylation is 2. The van der Waals surface area contributed by atoms with E-state index in [1.165, 1.54) is 24.8 Å². The lowest BCUT2D eigenvalue weighted by Crippen LogP contribution is -2.43. The summed E-state index contributed by atoms with van der Waals surface area (Å²) < 4.78 is 45.8. The second-order valence-corrected chi connectivity index (χ2v) is 11.0. The molecule has 0 aromatic heterocycles. The van der Waals surface area contributed by atoms with Crippen molar-refractivity contribution in [2.75, 3.05) is 31.2 Å². The summed E-state index contributed by atoms with van der Waals surface area (Å²) in [7, 11) is -2.64. The third-order valence-corrected chi connectivity index (χ3v) is 8.93. The molecule has 1 fully saturated rings. The number of hydrogen-bond donors (Lipinski definition) is 0. The predicted octanol–water partition coefficient (Wildman–Crippen LogP) is 4.76. The van der Waals surface area contributed by atoms with Crippen molar-refractivity contribution >= 4 is 21.7 Å². The van der Waals surface area contributed by atoms with Crippen LogP contribution in [0.15, 0.2) is 41.3 Å². The lowest BCUT2D eigenvalue weighted by Gasteiger charge is -2.37.